The minimum absolute atomic E-state index is 0.102. The predicted octanol–water partition coefficient (Wildman–Crippen LogP) is 17.4. The summed E-state index contributed by atoms with van der Waals surface area (Å²) < 4.78 is 67.9. The number of hydrogen-bond donors (Lipinski definition) is 3. The lowest BCUT2D eigenvalue weighted by atomic mass is 10.0. The van der Waals surface area contributed by atoms with Gasteiger partial charge in [0, 0.05) is 25.7 Å². The van der Waals surface area contributed by atoms with E-state index >= 15 is 0 Å². The van der Waals surface area contributed by atoms with Crippen molar-refractivity contribution in [1.82, 2.24) is 0 Å². The van der Waals surface area contributed by atoms with E-state index in [0.717, 1.165) is 96.3 Å². The van der Waals surface area contributed by atoms with Crippen LogP contribution in [0.25, 0.3) is 0 Å². The Morgan fingerprint density at radius 3 is 0.829 bits per heavy atom. The van der Waals surface area contributed by atoms with Crippen LogP contribution < -0.4 is 0 Å². The molecule has 82 heavy (non-hydrogen) atoms. The molecule has 486 valence electrons. The Labute approximate surface area is 498 Å². The second-order valence-electron chi connectivity index (χ2n) is 23.3. The second kappa shape index (κ2) is 56.8. The van der Waals surface area contributed by atoms with Crippen LogP contribution in [0.15, 0.2) is 0 Å². The standard InChI is InChI=1S/C63H122O17P2/c1-6-9-12-15-18-21-23-25-27-29-32-38-43-48-62(67)79-58(52-74-61(66)47-42-37-31-28-26-24-22-19-16-13-10-7-2)54-77-81(69,70)75-50-57(64)51-76-82(71,72)78-55-59(53-73-60(65)46-41-36-30-20-17-14-11-8-3)80-63(68)49-44-39-34-33-35-40-45-56(4)5/h56-59,64H,6-55H2,1-5H3,(H,69,70)(H,71,72)/t57-,58-,59-/m1/s1. The van der Waals surface area contributed by atoms with Crippen molar-refractivity contribution < 1.29 is 80.2 Å². The lowest BCUT2D eigenvalue weighted by Crippen LogP contribution is -2.30. The highest BCUT2D eigenvalue weighted by molar-refractivity contribution is 7.47. The van der Waals surface area contributed by atoms with Crippen molar-refractivity contribution in [3.8, 4) is 0 Å². The molecule has 2 unspecified atom stereocenters. The maximum atomic E-state index is 13.0. The summed E-state index contributed by atoms with van der Waals surface area (Å²) in [6, 6.07) is 0. The van der Waals surface area contributed by atoms with Crippen molar-refractivity contribution in [2.45, 2.75) is 335 Å². The Morgan fingerprint density at radius 2 is 0.561 bits per heavy atom. The Bertz CT molecular complexity index is 1600. The van der Waals surface area contributed by atoms with E-state index in [4.69, 9.17) is 37.0 Å². The van der Waals surface area contributed by atoms with Gasteiger partial charge in [-0.2, -0.15) is 0 Å². The summed E-state index contributed by atoms with van der Waals surface area (Å²) in [5.41, 5.74) is 0. The maximum Gasteiger partial charge on any atom is 0.472 e. The summed E-state index contributed by atoms with van der Waals surface area (Å²) in [5.74, 6) is -1.47. The molecule has 0 spiro atoms. The summed E-state index contributed by atoms with van der Waals surface area (Å²) in [5, 5.41) is 10.5. The molecule has 0 aromatic carbocycles. The number of ether oxygens (including phenoxy) is 4. The molecular formula is C63H122O17P2. The van der Waals surface area contributed by atoms with Crippen LogP contribution in [0.3, 0.4) is 0 Å². The zero-order chi connectivity index (χ0) is 60.6. The molecule has 0 aliphatic carbocycles. The Morgan fingerprint density at radius 1 is 0.329 bits per heavy atom. The summed E-state index contributed by atoms with van der Waals surface area (Å²) in [6.07, 6.45) is 40.4. The van der Waals surface area contributed by atoms with Gasteiger partial charge in [-0.1, -0.05) is 266 Å². The average molecular weight is 1210 g/mol. The van der Waals surface area contributed by atoms with Gasteiger partial charge in [0.25, 0.3) is 0 Å². The van der Waals surface area contributed by atoms with E-state index in [2.05, 4.69) is 34.6 Å². The number of unbranched alkanes of at least 4 members (excludes halogenated alkanes) is 35. The molecule has 0 aliphatic heterocycles. The van der Waals surface area contributed by atoms with E-state index in [0.29, 0.717) is 31.6 Å². The van der Waals surface area contributed by atoms with Crippen LogP contribution >= 0.6 is 15.6 Å². The van der Waals surface area contributed by atoms with Gasteiger partial charge in [-0.25, -0.2) is 9.13 Å². The number of phosphoric ester groups is 2. The summed E-state index contributed by atoms with van der Waals surface area (Å²) >= 11 is 0. The van der Waals surface area contributed by atoms with Gasteiger partial charge in [-0.3, -0.25) is 37.3 Å². The molecule has 0 bridgehead atoms. The number of rotatable bonds is 63. The SMILES string of the molecule is CCCCCCCCCCCCCCCC(=O)O[C@H](COC(=O)CCCCCCCCCCCCCC)COP(=O)(O)OC[C@@H](O)COP(=O)(O)OC[C@@H](COC(=O)CCCCCCCCCC)OC(=O)CCCCCCCCC(C)C. The third-order valence-electron chi connectivity index (χ3n) is 14.5. The number of carbonyl (C=O) groups is 4. The lowest BCUT2D eigenvalue weighted by Gasteiger charge is -2.21. The molecule has 0 fully saturated rings. The van der Waals surface area contributed by atoms with Gasteiger partial charge < -0.3 is 33.8 Å². The molecule has 0 saturated carbocycles. The lowest BCUT2D eigenvalue weighted by molar-refractivity contribution is -0.161. The number of carbonyl (C=O) groups excluding carboxylic acids is 4. The summed E-state index contributed by atoms with van der Waals surface area (Å²) in [4.78, 5) is 72.1. The fourth-order valence-electron chi connectivity index (χ4n) is 9.41. The van der Waals surface area contributed by atoms with Crippen LogP contribution in [0.4, 0.5) is 0 Å². The quantitative estimate of drug-likeness (QED) is 0.0222. The number of hydrogen-bond acceptors (Lipinski definition) is 15. The van der Waals surface area contributed by atoms with Gasteiger partial charge in [0.1, 0.15) is 19.3 Å². The van der Waals surface area contributed by atoms with E-state index in [1.807, 2.05) is 0 Å². The Hall–Kier alpha value is -1.94. The Kier molecular flexibility index (Phi) is 55.5. The van der Waals surface area contributed by atoms with Crippen molar-refractivity contribution in [2.24, 2.45) is 5.92 Å². The van der Waals surface area contributed by atoms with Crippen molar-refractivity contribution in [1.29, 1.82) is 0 Å². The van der Waals surface area contributed by atoms with Crippen molar-refractivity contribution in [3.63, 3.8) is 0 Å². The molecule has 0 rings (SSSR count). The van der Waals surface area contributed by atoms with E-state index in [1.54, 1.807) is 0 Å². The van der Waals surface area contributed by atoms with Crippen LogP contribution in [-0.4, -0.2) is 96.7 Å². The van der Waals surface area contributed by atoms with Gasteiger partial charge in [-0.05, 0) is 31.6 Å². The summed E-state index contributed by atoms with van der Waals surface area (Å²) in [6.45, 7) is 7.07. The maximum absolute atomic E-state index is 13.0. The molecule has 19 heteroatoms. The van der Waals surface area contributed by atoms with Gasteiger partial charge in [-0.15, -0.1) is 0 Å². The zero-order valence-electron chi connectivity index (χ0n) is 52.6. The third kappa shape index (κ3) is 57.2. The van der Waals surface area contributed by atoms with E-state index in [-0.39, 0.29) is 25.7 Å². The molecule has 0 aromatic heterocycles. The summed E-state index contributed by atoms with van der Waals surface area (Å²) in [7, 11) is -9.88. The first-order chi connectivity index (χ1) is 39.5. The molecule has 0 aliphatic rings. The molecule has 0 amide bonds. The minimum Gasteiger partial charge on any atom is -0.462 e. The van der Waals surface area contributed by atoms with Gasteiger partial charge in [0.15, 0.2) is 12.2 Å². The minimum atomic E-state index is -4.94. The van der Waals surface area contributed by atoms with Crippen molar-refractivity contribution in [2.75, 3.05) is 39.6 Å². The highest BCUT2D eigenvalue weighted by Crippen LogP contribution is 2.45. The first-order valence-corrected chi connectivity index (χ1v) is 36.1. The normalized spacial score (nSPS) is 14.3. The van der Waals surface area contributed by atoms with Gasteiger partial charge >= 0.3 is 39.5 Å². The number of esters is 4. The molecule has 0 saturated heterocycles. The highest BCUT2D eigenvalue weighted by Gasteiger charge is 2.30. The first-order valence-electron chi connectivity index (χ1n) is 33.1. The van der Waals surface area contributed by atoms with Crippen LogP contribution in [0, 0.1) is 5.92 Å². The molecule has 0 radical (unpaired) electrons. The number of aliphatic hydroxyl groups is 1. The Balaban J connectivity index is 5.22. The fourth-order valence-corrected chi connectivity index (χ4v) is 11.0. The van der Waals surface area contributed by atoms with E-state index < -0.39 is 97.5 Å². The predicted molar refractivity (Wildman–Crippen MR) is 326 cm³/mol. The molecule has 5 atom stereocenters. The largest absolute Gasteiger partial charge is 0.472 e. The van der Waals surface area contributed by atoms with Crippen molar-refractivity contribution >= 4 is 39.5 Å². The highest BCUT2D eigenvalue weighted by atomic mass is 31.2. The molecule has 0 heterocycles. The topological polar surface area (TPSA) is 237 Å². The van der Waals surface area contributed by atoms with Gasteiger partial charge in [0.05, 0.1) is 26.4 Å². The number of aliphatic hydroxyl groups excluding tert-OH is 1. The smallest absolute Gasteiger partial charge is 0.462 e. The monoisotopic (exact) mass is 1210 g/mol. The molecular weight excluding hydrogens is 1090 g/mol. The van der Waals surface area contributed by atoms with Crippen LogP contribution in [0.5, 0.6) is 0 Å². The van der Waals surface area contributed by atoms with Crippen LogP contribution in [0.2, 0.25) is 0 Å². The van der Waals surface area contributed by atoms with E-state index in [1.165, 1.54) is 135 Å². The molecule has 17 nitrogen and oxygen atoms in total. The second-order valence-corrected chi connectivity index (χ2v) is 26.2. The van der Waals surface area contributed by atoms with Gasteiger partial charge in [0.2, 0.25) is 0 Å². The van der Waals surface area contributed by atoms with Crippen molar-refractivity contribution in [3.05, 3.63) is 0 Å². The van der Waals surface area contributed by atoms with E-state index in [9.17, 15) is 43.2 Å². The fraction of sp³-hybridized carbons (Fsp3) is 0.937. The van der Waals surface area contributed by atoms with Crippen LogP contribution in [-0.2, 0) is 65.4 Å². The molecule has 0 aromatic rings. The number of phosphoric acid groups is 2. The zero-order valence-corrected chi connectivity index (χ0v) is 54.4. The first kappa shape index (κ1) is 80.1. The third-order valence-corrected chi connectivity index (χ3v) is 16.4. The average Bonchev–Trinajstić information content (AvgIpc) is 3.46. The van der Waals surface area contributed by atoms with Crippen LogP contribution in [0.1, 0.15) is 317 Å². The molecule has 3 N–H and O–H groups in total.